The number of fused-ring (bicyclic) bond motifs is 1. The first-order valence-electron chi connectivity index (χ1n) is 7.43. The highest BCUT2D eigenvalue weighted by molar-refractivity contribution is 5.82. The average molecular weight is 306 g/mol. The fourth-order valence-electron chi connectivity index (χ4n) is 2.61. The molecular formula is C16H19FN2O3. The Kier molecular flexibility index (Phi) is 4.02. The minimum Gasteiger partial charge on any atom is -0.459 e. The maximum atomic E-state index is 13.3. The number of rotatable bonds is 5. The summed E-state index contributed by atoms with van der Waals surface area (Å²) in [4.78, 5) is 13.8. The van der Waals surface area contributed by atoms with Crippen LogP contribution in [0.1, 0.15) is 24.2 Å². The van der Waals surface area contributed by atoms with E-state index in [2.05, 4.69) is 5.32 Å². The fourth-order valence-corrected chi connectivity index (χ4v) is 2.61. The lowest BCUT2D eigenvalue weighted by molar-refractivity contribution is 0.172. The van der Waals surface area contributed by atoms with Crippen LogP contribution in [-0.4, -0.2) is 35.2 Å². The molecule has 0 radical (unpaired) electrons. The summed E-state index contributed by atoms with van der Waals surface area (Å²) in [5, 5.41) is 12.6. The van der Waals surface area contributed by atoms with Gasteiger partial charge < -0.3 is 19.7 Å². The average Bonchev–Trinajstić information content (AvgIpc) is 3.29. The van der Waals surface area contributed by atoms with E-state index in [0.717, 1.165) is 23.8 Å². The number of aliphatic hydroxyl groups excluding tert-OH is 1. The minimum absolute atomic E-state index is 0.0487. The number of benzene rings is 1. The Hall–Kier alpha value is -2.08. The number of carbonyl (C=O) groups excluding carboxylic acids is 1. The van der Waals surface area contributed by atoms with Gasteiger partial charge in [-0.15, -0.1) is 0 Å². The first-order valence-corrected chi connectivity index (χ1v) is 7.43. The van der Waals surface area contributed by atoms with Crippen LogP contribution in [0.2, 0.25) is 0 Å². The lowest BCUT2D eigenvalue weighted by atomic mass is 10.1. The van der Waals surface area contributed by atoms with Crippen molar-refractivity contribution in [2.75, 3.05) is 13.2 Å². The number of hydrogen-bond acceptors (Lipinski definition) is 3. The van der Waals surface area contributed by atoms with Crippen molar-refractivity contribution in [2.45, 2.75) is 32.4 Å². The summed E-state index contributed by atoms with van der Waals surface area (Å²) >= 11 is 0. The topological polar surface area (TPSA) is 65.7 Å². The van der Waals surface area contributed by atoms with Gasteiger partial charge in [-0.2, -0.15) is 0 Å². The molecule has 1 saturated carbocycles. The summed E-state index contributed by atoms with van der Waals surface area (Å²) in [6.07, 6.45) is 1.97. The van der Waals surface area contributed by atoms with Crippen LogP contribution < -0.4 is 5.32 Å². The molecule has 0 atom stereocenters. The molecule has 0 unspecified atom stereocenters. The van der Waals surface area contributed by atoms with Crippen LogP contribution in [0.15, 0.2) is 22.6 Å². The third-order valence-corrected chi connectivity index (χ3v) is 3.99. The molecule has 2 N–H and O–H groups in total. The monoisotopic (exact) mass is 306 g/mol. The standard InChI is InChI=1S/C16H19FN2O3/c1-10-13-8-11(17)2-5-14(13)22-15(10)9-18-16(21)19(6-7-20)12-3-4-12/h2,5,8,12,20H,3-4,6-7,9H2,1H3,(H,18,21). The van der Waals surface area contributed by atoms with Crippen LogP contribution in [0, 0.1) is 12.7 Å². The summed E-state index contributed by atoms with van der Waals surface area (Å²) < 4.78 is 19.0. The van der Waals surface area contributed by atoms with E-state index in [1.165, 1.54) is 12.1 Å². The summed E-state index contributed by atoms with van der Waals surface area (Å²) in [5.74, 6) is 0.309. The van der Waals surface area contributed by atoms with Gasteiger partial charge in [0.05, 0.1) is 13.2 Å². The molecular weight excluding hydrogens is 287 g/mol. The van der Waals surface area contributed by atoms with E-state index in [1.54, 1.807) is 11.0 Å². The van der Waals surface area contributed by atoms with E-state index in [-0.39, 0.29) is 31.0 Å². The molecule has 22 heavy (non-hydrogen) atoms. The predicted molar refractivity (Wildman–Crippen MR) is 80.0 cm³/mol. The third-order valence-electron chi connectivity index (χ3n) is 3.99. The molecule has 1 aromatic carbocycles. The number of nitrogens with zero attached hydrogens (tertiary/aromatic N) is 1. The van der Waals surface area contributed by atoms with Crippen molar-refractivity contribution < 1.29 is 18.7 Å². The van der Waals surface area contributed by atoms with Crippen molar-refractivity contribution >= 4 is 17.0 Å². The van der Waals surface area contributed by atoms with Gasteiger partial charge in [-0.1, -0.05) is 0 Å². The number of furan rings is 1. The molecule has 0 bridgehead atoms. The SMILES string of the molecule is Cc1c(CNC(=O)N(CCO)C2CC2)oc2ccc(F)cc12. The van der Waals surface area contributed by atoms with Gasteiger partial charge in [-0.05, 0) is 38.0 Å². The zero-order chi connectivity index (χ0) is 15.7. The quantitative estimate of drug-likeness (QED) is 0.892. The summed E-state index contributed by atoms with van der Waals surface area (Å²) in [6.45, 7) is 2.38. The molecule has 1 aromatic heterocycles. The molecule has 1 aliphatic rings. The van der Waals surface area contributed by atoms with Crippen molar-refractivity contribution in [2.24, 2.45) is 0 Å². The van der Waals surface area contributed by atoms with Crippen molar-refractivity contribution in [3.05, 3.63) is 35.3 Å². The van der Waals surface area contributed by atoms with Crippen LogP contribution >= 0.6 is 0 Å². The Labute approximate surface area is 127 Å². The third kappa shape index (κ3) is 2.92. The van der Waals surface area contributed by atoms with Gasteiger partial charge in [0.25, 0.3) is 0 Å². The van der Waals surface area contributed by atoms with Crippen LogP contribution in [0.4, 0.5) is 9.18 Å². The molecule has 6 heteroatoms. The highest BCUT2D eigenvalue weighted by Gasteiger charge is 2.32. The molecule has 2 amide bonds. The lowest BCUT2D eigenvalue weighted by Crippen LogP contribution is -2.42. The molecule has 1 aliphatic carbocycles. The van der Waals surface area contributed by atoms with Gasteiger partial charge in [0.1, 0.15) is 17.2 Å². The first kappa shape index (κ1) is 14.8. The molecule has 5 nitrogen and oxygen atoms in total. The van der Waals surface area contributed by atoms with E-state index in [4.69, 9.17) is 9.52 Å². The number of halogens is 1. The number of nitrogens with one attached hydrogen (secondary N) is 1. The van der Waals surface area contributed by atoms with E-state index in [0.29, 0.717) is 17.9 Å². The van der Waals surface area contributed by atoms with E-state index < -0.39 is 0 Å². The van der Waals surface area contributed by atoms with Gasteiger partial charge in [0, 0.05) is 23.5 Å². The number of amides is 2. The Bertz CT molecular complexity index is 694. The molecule has 0 spiro atoms. The van der Waals surface area contributed by atoms with Crippen LogP contribution in [-0.2, 0) is 6.54 Å². The maximum absolute atomic E-state index is 13.3. The van der Waals surface area contributed by atoms with Gasteiger partial charge >= 0.3 is 6.03 Å². The molecule has 0 aliphatic heterocycles. The molecule has 3 rings (SSSR count). The summed E-state index contributed by atoms with van der Waals surface area (Å²) in [5.41, 5.74) is 1.44. The molecule has 1 heterocycles. The summed E-state index contributed by atoms with van der Waals surface area (Å²) in [6, 6.07) is 4.40. The molecule has 1 fully saturated rings. The molecule has 2 aromatic rings. The van der Waals surface area contributed by atoms with Gasteiger partial charge in [0.15, 0.2) is 0 Å². The number of aliphatic hydroxyl groups is 1. The van der Waals surface area contributed by atoms with Gasteiger partial charge in [-0.25, -0.2) is 9.18 Å². The second kappa shape index (κ2) is 5.96. The predicted octanol–water partition coefficient (Wildman–Crippen LogP) is 2.55. The second-order valence-corrected chi connectivity index (χ2v) is 5.60. The zero-order valence-corrected chi connectivity index (χ0v) is 12.4. The molecule has 0 saturated heterocycles. The largest absolute Gasteiger partial charge is 0.459 e. The van der Waals surface area contributed by atoms with Crippen LogP contribution in [0.5, 0.6) is 0 Å². The second-order valence-electron chi connectivity index (χ2n) is 5.60. The van der Waals surface area contributed by atoms with E-state index in [1.807, 2.05) is 6.92 Å². The van der Waals surface area contributed by atoms with Crippen LogP contribution in [0.3, 0.4) is 0 Å². The normalized spacial score (nSPS) is 14.3. The Balaban J connectivity index is 1.70. The lowest BCUT2D eigenvalue weighted by Gasteiger charge is -2.21. The van der Waals surface area contributed by atoms with Gasteiger partial charge in [-0.3, -0.25) is 0 Å². The van der Waals surface area contributed by atoms with Crippen molar-refractivity contribution in [1.29, 1.82) is 0 Å². The van der Waals surface area contributed by atoms with Gasteiger partial charge in [0.2, 0.25) is 0 Å². The minimum atomic E-state index is -0.310. The van der Waals surface area contributed by atoms with Crippen LogP contribution in [0.25, 0.3) is 11.0 Å². The smallest absolute Gasteiger partial charge is 0.318 e. The highest BCUT2D eigenvalue weighted by Crippen LogP contribution is 2.27. The molecule has 118 valence electrons. The fraction of sp³-hybridized carbons (Fsp3) is 0.438. The Morgan fingerprint density at radius 3 is 2.95 bits per heavy atom. The Morgan fingerprint density at radius 2 is 2.27 bits per heavy atom. The number of hydrogen-bond donors (Lipinski definition) is 2. The zero-order valence-electron chi connectivity index (χ0n) is 12.4. The first-order chi connectivity index (χ1) is 10.6. The Morgan fingerprint density at radius 1 is 1.50 bits per heavy atom. The van der Waals surface area contributed by atoms with E-state index in [9.17, 15) is 9.18 Å². The van der Waals surface area contributed by atoms with Crippen molar-refractivity contribution in [1.82, 2.24) is 10.2 Å². The summed E-state index contributed by atoms with van der Waals surface area (Å²) in [7, 11) is 0. The van der Waals surface area contributed by atoms with E-state index >= 15 is 0 Å². The number of urea groups is 1. The highest BCUT2D eigenvalue weighted by atomic mass is 19.1. The van der Waals surface area contributed by atoms with Crippen molar-refractivity contribution in [3.63, 3.8) is 0 Å². The van der Waals surface area contributed by atoms with Crippen molar-refractivity contribution in [3.8, 4) is 0 Å². The number of carbonyl (C=O) groups is 1. The maximum Gasteiger partial charge on any atom is 0.318 e. The number of aryl methyl sites for hydroxylation is 1.